The number of nitrogens with one attached hydrogen (secondary N) is 1. The fourth-order valence-corrected chi connectivity index (χ4v) is 4.60. The van der Waals surface area contributed by atoms with Gasteiger partial charge in [0.15, 0.2) is 9.84 Å². The second kappa shape index (κ2) is 4.90. The molecule has 1 atom stereocenters. The number of sulfone groups is 1. The van der Waals surface area contributed by atoms with Crippen LogP contribution >= 0.6 is 11.3 Å². The second-order valence-corrected chi connectivity index (χ2v) is 9.03. The van der Waals surface area contributed by atoms with E-state index in [9.17, 15) is 8.42 Å². The molecule has 102 valence electrons. The molecule has 1 N–H and O–H groups in total. The van der Waals surface area contributed by atoms with Crippen LogP contribution in [0, 0.1) is 0 Å². The zero-order valence-electron chi connectivity index (χ0n) is 11.1. The van der Waals surface area contributed by atoms with Gasteiger partial charge < -0.3 is 5.32 Å². The quantitative estimate of drug-likeness (QED) is 0.920. The zero-order valence-corrected chi connectivity index (χ0v) is 12.7. The molecule has 1 aromatic heterocycles. The predicted octanol–water partition coefficient (Wildman–Crippen LogP) is 1.72. The third kappa shape index (κ3) is 3.52. The van der Waals surface area contributed by atoms with E-state index in [1.165, 1.54) is 0 Å². The Kier molecular flexibility index (Phi) is 3.80. The van der Waals surface area contributed by atoms with Crippen LogP contribution in [0.4, 0.5) is 0 Å². The zero-order chi connectivity index (χ0) is 13.4. The van der Waals surface area contributed by atoms with E-state index >= 15 is 0 Å². The molecule has 1 saturated heterocycles. The van der Waals surface area contributed by atoms with E-state index in [1.807, 2.05) is 0 Å². The first kappa shape index (κ1) is 14.0. The van der Waals surface area contributed by atoms with Gasteiger partial charge in [0.05, 0.1) is 17.2 Å². The van der Waals surface area contributed by atoms with Gasteiger partial charge in [-0.05, 0) is 6.42 Å². The Bertz CT molecular complexity index is 514. The molecule has 0 bridgehead atoms. The molecule has 4 nitrogen and oxygen atoms in total. The van der Waals surface area contributed by atoms with E-state index in [-0.39, 0.29) is 17.2 Å². The molecule has 2 heterocycles. The Balaban J connectivity index is 1.90. The standard InChI is InChI=1S/C12H20N2O2S2/c1-12(2,3)10-7-17-11(14-10)6-13-9-4-5-18(15,16)8-9/h7,9,13H,4-6,8H2,1-3H3. The van der Waals surface area contributed by atoms with Crippen molar-refractivity contribution in [2.45, 2.75) is 45.2 Å². The molecule has 0 saturated carbocycles. The van der Waals surface area contributed by atoms with Crippen LogP contribution in [0.15, 0.2) is 5.38 Å². The number of thiazole rings is 1. The van der Waals surface area contributed by atoms with E-state index in [0.29, 0.717) is 12.3 Å². The van der Waals surface area contributed by atoms with Crippen LogP contribution in [-0.4, -0.2) is 30.9 Å². The van der Waals surface area contributed by atoms with Crippen molar-refractivity contribution in [1.29, 1.82) is 0 Å². The molecule has 0 amide bonds. The van der Waals surface area contributed by atoms with Gasteiger partial charge in [-0.2, -0.15) is 0 Å². The van der Waals surface area contributed by atoms with Gasteiger partial charge in [0.1, 0.15) is 5.01 Å². The average molecular weight is 288 g/mol. The van der Waals surface area contributed by atoms with Gasteiger partial charge in [0.25, 0.3) is 0 Å². The fourth-order valence-electron chi connectivity index (χ4n) is 1.92. The van der Waals surface area contributed by atoms with E-state index in [4.69, 9.17) is 0 Å². The minimum Gasteiger partial charge on any atom is -0.307 e. The van der Waals surface area contributed by atoms with Gasteiger partial charge in [-0.3, -0.25) is 0 Å². The van der Waals surface area contributed by atoms with Crippen molar-refractivity contribution in [3.8, 4) is 0 Å². The van der Waals surface area contributed by atoms with Crippen LogP contribution in [0.3, 0.4) is 0 Å². The van der Waals surface area contributed by atoms with Crippen molar-refractivity contribution in [1.82, 2.24) is 10.3 Å². The Morgan fingerprint density at radius 2 is 2.22 bits per heavy atom. The van der Waals surface area contributed by atoms with Crippen LogP contribution < -0.4 is 5.32 Å². The molecule has 1 unspecified atom stereocenters. The lowest BCUT2D eigenvalue weighted by Gasteiger charge is -2.14. The van der Waals surface area contributed by atoms with Gasteiger partial charge in [-0.15, -0.1) is 11.3 Å². The van der Waals surface area contributed by atoms with Crippen LogP contribution in [0.25, 0.3) is 0 Å². The highest BCUT2D eigenvalue weighted by molar-refractivity contribution is 7.91. The molecule has 2 rings (SSSR count). The molecule has 0 spiro atoms. The molecule has 0 aromatic carbocycles. The highest BCUT2D eigenvalue weighted by atomic mass is 32.2. The summed E-state index contributed by atoms with van der Waals surface area (Å²) < 4.78 is 22.7. The van der Waals surface area contributed by atoms with E-state index in [1.54, 1.807) is 11.3 Å². The van der Waals surface area contributed by atoms with Gasteiger partial charge >= 0.3 is 0 Å². The normalized spacial score (nSPS) is 23.4. The lowest BCUT2D eigenvalue weighted by atomic mass is 9.93. The Morgan fingerprint density at radius 1 is 1.50 bits per heavy atom. The Morgan fingerprint density at radius 3 is 2.72 bits per heavy atom. The van der Waals surface area contributed by atoms with Crippen molar-refractivity contribution in [2.75, 3.05) is 11.5 Å². The summed E-state index contributed by atoms with van der Waals surface area (Å²) in [5.74, 6) is 0.584. The average Bonchev–Trinajstić information content (AvgIpc) is 2.80. The molecular formula is C12H20N2O2S2. The molecular weight excluding hydrogens is 268 g/mol. The molecule has 6 heteroatoms. The van der Waals surface area contributed by atoms with Crippen molar-refractivity contribution in [3.05, 3.63) is 16.1 Å². The van der Waals surface area contributed by atoms with Crippen LogP contribution in [-0.2, 0) is 21.8 Å². The van der Waals surface area contributed by atoms with E-state index < -0.39 is 9.84 Å². The Labute approximate surface area is 113 Å². The maximum atomic E-state index is 11.3. The Hall–Kier alpha value is -0.460. The first-order chi connectivity index (χ1) is 8.26. The molecule has 1 aromatic rings. The summed E-state index contributed by atoms with van der Waals surface area (Å²) >= 11 is 1.64. The highest BCUT2D eigenvalue weighted by Crippen LogP contribution is 2.24. The third-order valence-electron chi connectivity index (χ3n) is 3.09. The fraction of sp³-hybridized carbons (Fsp3) is 0.750. The topological polar surface area (TPSA) is 59.1 Å². The van der Waals surface area contributed by atoms with Crippen LogP contribution in [0.1, 0.15) is 37.9 Å². The number of hydrogen-bond acceptors (Lipinski definition) is 5. The van der Waals surface area contributed by atoms with Gasteiger partial charge in [0, 0.05) is 23.4 Å². The molecule has 1 aliphatic rings. The van der Waals surface area contributed by atoms with E-state index in [2.05, 4.69) is 36.5 Å². The summed E-state index contributed by atoms with van der Waals surface area (Å²) in [5, 5.41) is 6.40. The summed E-state index contributed by atoms with van der Waals surface area (Å²) in [7, 11) is -2.80. The smallest absolute Gasteiger partial charge is 0.151 e. The van der Waals surface area contributed by atoms with Gasteiger partial charge in [-0.1, -0.05) is 20.8 Å². The summed E-state index contributed by atoms with van der Waals surface area (Å²) in [6.45, 7) is 7.09. The largest absolute Gasteiger partial charge is 0.307 e. The van der Waals surface area contributed by atoms with Crippen molar-refractivity contribution in [2.24, 2.45) is 0 Å². The molecule has 1 fully saturated rings. The van der Waals surface area contributed by atoms with Gasteiger partial charge in [-0.25, -0.2) is 13.4 Å². The minimum absolute atomic E-state index is 0.0748. The highest BCUT2D eigenvalue weighted by Gasteiger charge is 2.27. The number of aromatic nitrogens is 1. The summed E-state index contributed by atoms with van der Waals surface area (Å²) in [4.78, 5) is 4.59. The number of rotatable bonds is 3. The van der Waals surface area contributed by atoms with Crippen molar-refractivity contribution in [3.63, 3.8) is 0 Å². The molecule has 0 radical (unpaired) electrons. The molecule has 0 aliphatic carbocycles. The first-order valence-corrected chi connectivity index (χ1v) is 8.85. The van der Waals surface area contributed by atoms with Crippen molar-refractivity contribution < 1.29 is 8.42 Å². The maximum Gasteiger partial charge on any atom is 0.151 e. The lowest BCUT2D eigenvalue weighted by Crippen LogP contribution is -2.29. The first-order valence-electron chi connectivity index (χ1n) is 6.15. The number of hydrogen-bond donors (Lipinski definition) is 1. The summed E-state index contributed by atoms with van der Waals surface area (Å²) in [6, 6.07) is 0.0944. The van der Waals surface area contributed by atoms with Crippen LogP contribution in [0.5, 0.6) is 0 Å². The second-order valence-electron chi connectivity index (χ2n) is 5.86. The third-order valence-corrected chi connectivity index (χ3v) is 5.71. The maximum absolute atomic E-state index is 11.3. The molecule has 1 aliphatic heterocycles. The minimum atomic E-state index is -2.80. The van der Waals surface area contributed by atoms with Crippen molar-refractivity contribution >= 4 is 21.2 Å². The predicted molar refractivity (Wildman–Crippen MR) is 74.7 cm³/mol. The monoisotopic (exact) mass is 288 g/mol. The SMILES string of the molecule is CC(C)(C)c1csc(CNC2CCS(=O)(=O)C2)n1. The summed E-state index contributed by atoms with van der Waals surface area (Å²) in [6.07, 6.45) is 0.722. The summed E-state index contributed by atoms with van der Waals surface area (Å²) in [5.41, 5.74) is 1.18. The van der Waals surface area contributed by atoms with Gasteiger partial charge in [0.2, 0.25) is 0 Å². The lowest BCUT2D eigenvalue weighted by molar-refractivity contribution is 0.543. The number of nitrogens with zero attached hydrogens (tertiary/aromatic N) is 1. The molecule has 18 heavy (non-hydrogen) atoms. The van der Waals surface area contributed by atoms with E-state index in [0.717, 1.165) is 17.1 Å². The van der Waals surface area contributed by atoms with Crippen LogP contribution in [0.2, 0.25) is 0 Å².